The summed E-state index contributed by atoms with van der Waals surface area (Å²) in [5, 5.41) is 7.21. The highest BCUT2D eigenvalue weighted by molar-refractivity contribution is 7.99. The maximum Gasteiger partial charge on any atom is 0.237 e. The first kappa shape index (κ1) is 14.0. The van der Waals surface area contributed by atoms with Gasteiger partial charge in [0.25, 0.3) is 0 Å². The zero-order valence-electron chi connectivity index (χ0n) is 11.9. The molecule has 0 aromatic heterocycles. The fourth-order valence-electron chi connectivity index (χ4n) is 3.30. The van der Waals surface area contributed by atoms with Crippen LogP contribution in [0.2, 0.25) is 0 Å². The van der Waals surface area contributed by atoms with Crippen molar-refractivity contribution < 1.29 is 4.79 Å². The van der Waals surface area contributed by atoms with E-state index in [1.54, 1.807) is 0 Å². The van der Waals surface area contributed by atoms with Gasteiger partial charge in [-0.1, -0.05) is 30.7 Å². The number of benzene rings is 1. The summed E-state index contributed by atoms with van der Waals surface area (Å²) < 4.78 is 0. The third-order valence-corrected chi connectivity index (χ3v) is 5.65. The second kappa shape index (κ2) is 6.19. The molecule has 1 fully saturated rings. The molecule has 0 radical (unpaired) electrons. The highest BCUT2D eigenvalue weighted by Gasteiger charge is 2.31. The molecular formula is C16H22N2OS. The summed E-state index contributed by atoms with van der Waals surface area (Å²) in [6.45, 7) is 0.797. The van der Waals surface area contributed by atoms with Crippen LogP contribution in [0.15, 0.2) is 24.3 Å². The third-order valence-electron chi connectivity index (χ3n) is 4.48. The van der Waals surface area contributed by atoms with Crippen LogP contribution in [-0.4, -0.2) is 29.5 Å². The van der Waals surface area contributed by atoms with E-state index in [4.69, 9.17) is 0 Å². The molecule has 1 aromatic rings. The van der Waals surface area contributed by atoms with Crippen molar-refractivity contribution in [1.82, 2.24) is 10.6 Å². The predicted octanol–water partition coefficient (Wildman–Crippen LogP) is 2.10. The van der Waals surface area contributed by atoms with Crippen LogP contribution in [0, 0.1) is 0 Å². The molecule has 2 aliphatic rings. The van der Waals surface area contributed by atoms with Gasteiger partial charge in [0.1, 0.15) is 0 Å². The highest BCUT2D eigenvalue weighted by atomic mass is 32.2. The van der Waals surface area contributed by atoms with Gasteiger partial charge in [-0.15, -0.1) is 0 Å². The zero-order chi connectivity index (χ0) is 13.9. The Morgan fingerprint density at radius 2 is 2.10 bits per heavy atom. The molecule has 20 heavy (non-hydrogen) atoms. The average Bonchev–Trinajstić information content (AvgIpc) is 2.94. The fraction of sp³-hybridized carbons (Fsp3) is 0.562. The molecule has 1 amide bonds. The number of fused-ring (bicyclic) bond motifs is 1. The van der Waals surface area contributed by atoms with Gasteiger partial charge < -0.3 is 10.6 Å². The molecule has 4 heteroatoms. The second-order valence-electron chi connectivity index (χ2n) is 5.73. The van der Waals surface area contributed by atoms with E-state index in [-0.39, 0.29) is 11.9 Å². The largest absolute Gasteiger partial charge is 0.351 e. The maximum atomic E-state index is 12.4. The molecule has 1 aliphatic carbocycles. The Hall–Kier alpha value is -1.00. The zero-order valence-corrected chi connectivity index (χ0v) is 12.7. The van der Waals surface area contributed by atoms with Crippen LogP contribution in [0.1, 0.15) is 30.4 Å². The van der Waals surface area contributed by atoms with Gasteiger partial charge in [-0.05, 0) is 36.6 Å². The molecule has 108 valence electrons. The lowest BCUT2D eigenvalue weighted by Gasteiger charge is -2.28. The lowest BCUT2D eigenvalue weighted by Crippen LogP contribution is -2.51. The molecule has 1 aromatic carbocycles. The molecule has 0 saturated heterocycles. The standard InChI is InChI=1S/C16H22N2OS/c1-20-15-8-4-7-13(15)18-16(19)14-9-11-5-2-3-6-12(11)10-17-14/h2-3,5-6,13-15,17H,4,7-10H2,1H3,(H,18,19)/t13?,14-,15?/m0/s1. The van der Waals surface area contributed by atoms with Crippen LogP contribution in [0.4, 0.5) is 0 Å². The van der Waals surface area contributed by atoms with Crippen molar-refractivity contribution in [3.05, 3.63) is 35.4 Å². The van der Waals surface area contributed by atoms with E-state index in [2.05, 4.69) is 41.2 Å². The number of rotatable bonds is 3. The van der Waals surface area contributed by atoms with Gasteiger partial charge in [0.15, 0.2) is 0 Å². The lowest BCUT2D eigenvalue weighted by molar-refractivity contribution is -0.124. The lowest BCUT2D eigenvalue weighted by atomic mass is 9.95. The average molecular weight is 290 g/mol. The monoisotopic (exact) mass is 290 g/mol. The first-order valence-electron chi connectivity index (χ1n) is 7.41. The molecule has 1 saturated carbocycles. The molecule has 0 bridgehead atoms. The van der Waals surface area contributed by atoms with Gasteiger partial charge in [-0.25, -0.2) is 0 Å². The number of carbonyl (C=O) groups is 1. The maximum absolute atomic E-state index is 12.4. The van der Waals surface area contributed by atoms with E-state index in [9.17, 15) is 4.79 Å². The van der Waals surface area contributed by atoms with Crippen molar-refractivity contribution in [3.8, 4) is 0 Å². The van der Waals surface area contributed by atoms with Crippen molar-refractivity contribution in [1.29, 1.82) is 0 Å². The first-order valence-corrected chi connectivity index (χ1v) is 8.70. The molecule has 2 unspecified atom stereocenters. The molecule has 3 nitrogen and oxygen atoms in total. The van der Waals surface area contributed by atoms with Crippen LogP contribution < -0.4 is 10.6 Å². The van der Waals surface area contributed by atoms with E-state index < -0.39 is 0 Å². The fourth-order valence-corrected chi connectivity index (χ4v) is 4.23. The summed E-state index contributed by atoms with van der Waals surface area (Å²) in [7, 11) is 0. The van der Waals surface area contributed by atoms with Crippen molar-refractivity contribution in [3.63, 3.8) is 0 Å². The van der Waals surface area contributed by atoms with E-state index >= 15 is 0 Å². The molecule has 2 N–H and O–H groups in total. The number of amides is 1. The Balaban J connectivity index is 1.61. The van der Waals surface area contributed by atoms with Gasteiger partial charge in [0.05, 0.1) is 6.04 Å². The smallest absolute Gasteiger partial charge is 0.237 e. The third kappa shape index (κ3) is 2.86. The number of carbonyl (C=O) groups excluding carboxylic acids is 1. The minimum Gasteiger partial charge on any atom is -0.351 e. The Morgan fingerprint density at radius 1 is 1.30 bits per heavy atom. The van der Waals surface area contributed by atoms with Gasteiger partial charge in [0, 0.05) is 17.8 Å². The summed E-state index contributed by atoms with van der Waals surface area (Å²) >= 11 is 1.88. The Bertz CT molecular complexity index is 491. The minimum absolute atomic E-state index is 0.0759. The van der Waals surface area contributed by atoms with Crippen LogP contribution >= 0.6 is 11.8 Å². The van der Waals surface area contributed by atoms with Crippen LogP contribution in [0.3, 0.4) is 0 Å². The van der Waals surface area contributed by atoms with Crippen molar-refractivity contribution >= 4 is 17.7 Å². The quantitative estimate of drug-likeness (QED) is 0.896. The minimum atomic E-state index is -0.0759. The van der Waals surface area contributed by atoms with Crippen molar-refractivity contribution in [2.45, 2.75) is 49.6 Å². The summed E-state index contributed by atoms with van der Waals surface area (Å²) in [6, 6.07) is 8.67. The van der Waals surface area contributed by atoms with E-state index in [1.807, 2.05) is 11.8 Å². The Kier molecular flexibility index (Phi) is 4.32. The molecule has 1 aliphatic heterocycles. The van der Waals surface area contributed by atoms with Crippen molar-refractivity contribution in [2.24, 2.45) is 0 Å². The van der Waals surface area contributed by atoms with Gasteiger partial charge >= 0.3 is 0 Å². The summed E-state index contributed by atoms with van der Waals surface area (Å²) in [5.74, 6) is 0.172. The summed E-state index contributed by atoms with van der Waals surface area (Å²) in [6.07, 6.45) is 6.54. The van der Waals surface area contributed by atoms with E-state index in [0.29, 0.717) is 11.3 Å². The van der Waals surface area contributed by atoms with Crippen LogP contribution in [0.25, 0.3) is 0 Å². The normalized spacial score (nSPS) is 28.9. The van der Waals surface area contributed by atoms with Crippen LogP contribution in [0.5, 0.6) is 0 Å². The van der Waals surface area contributed by atoms with Crippen LogP contribution in [-0.2, 0) is 17.8 Å². The highest BCUT2D eigenvalue weighted by Crippen LogP contribution is 2.28. The molecule has 3 atom stereocenters. The van der Waals surface area contributed by atoms with E-state index in [1.165, 1.54) is 24.0 Å². The summed E-state index contributed by atoms with van der Waals surface area (Å²) in [4.78, 5) is 12.4. The molecule has 3 rings (SSSR count). The molecule has 0 spiro atoms. The Morgan fingerprint density at radius 3 is 2.90 bits per heavy atom. The van der Waals surface area contributed by atoms with E-state index in [0.717, 1.165) is 19.4 Å². The first-order chi connectivity index (χ1) is 9.78. The van der Waals surface area contributed by atoms with Gasteiger partial charge in [-0.2, -0.15) is 11.8 Å². The second-order valence-corrected chi connectivity index (χ2v) is 6.80. The SMILES string of the molecule is CSC1CCCC1NC(=O)[C@@H]1Cc2ccccc2CN1. The Labute approximate surface area is 124 Å². The number of hydrogen-bond donors (Lipinski definition) is 2. The number of nitrogens with one attached hydrogen (secondary N) is 2. The van der Waals surface area contributed by atoms with Gasteiger partial charge in [-0.3, -0.25) is 4.79 Å². The van der Waals surface area contributed by atoms with Gasteiger partial charge in [0.2, 0.25) is 5.91 Å². The molecule has 1 heterocycles. The predicted molar refractivity (Wildman–Crippen MR) is 83.9 cm³/mol. The number of thioether (sulfide) groups is 1. The number of hydrogen-bond acceptors (Lipinski definition) is 3. The molecular weight excluding hydrogens is 268 g/mol. The topological polar surface area (TPSA) is 41.1 Å². The summed E-state index contributed by atoms with van der Waals surface area (Å²) in [5.41, 5.74) is 2.62. The van der Waals surface area contributed by atoms with Crippen molar-refractivity contribution in [2.75, 3.05) is 6.26 Å².